The maximum Gasteiger partial charge on any atom is 0.225 e. The Hall–Kier alpha value is -1.79. The van der Waals surface area contributed by atoms with Crippen LogP contribution in [-0.4, -0.2) is 17.9 Å². The van der Waals surface area contributed by atoms with E-state index in [0.717, 1.165) is 0 Å². The van der Waals surface area contributed by atoms with Crippen LogP contribution in [0.5, 0.6) is 0 Å². The van der Waals surface area contributed by atoms with Gasteiger partial charge in [0.05, 0.1) is 31.5 Å². The summed E-state index contributed by atoms with van der Waals surface area (Å²) in [7, 11) is 0. The van der Waals surface area contributed by atoms with E-state index in [4.69, 9.17) is 57.9 Å². The van der Waals surface area contributed by atoms with Crippen molar-refractivity contribution in [3.05, 3.63) is 55.5 Å². The van der Waals surface area contributed by atoms with Crippen LogP contribution in [0.4, 0.5) is 11.4 Å². The van der Waals surface area contributed by atoms with Crippen molar-refractivity contribution in [3.63, 3.8) is 0 Å². The highest BCUT2D eigenvalue weighted by atomic mass is 35.5. The van der Waals surface area contributed by atoms with Crippen molar-refractivity contribution in [2.75, 3.05) is 11.5 Å². The summed E-state index contributed by atoms with van der Waals surface area (Å²) in [6, 6.07) is 5.62. The maximum atomic E-state index is 10.9. The number of aldehydes is 1. The SMILES string of the molecule is CC(=O)c1cc(Cl)c(N)c(Cl)c1.Nc1c(Cl)cc(C(=O)C=O)cc1Cl. The number of rotatable bonds is 3. The number of carbonyl (C=O) groups excluding carboxylic acids is 3. The van der Waals surface area contributed by atoms with Crippen LogP contribution in [-0.2, 0) is 4.79 Å². The van der Waals surface area contributed by atoms with Gasteiger partial charge in [0.1, 0.15) is 0 Å². The van der Waals surface area contributed by atoms with E-state index in [1.165, 1.54) is 31.2 Å². The Balaban J connectivity index is 0.000000251. The number of anilines is 2. The molecule has 0 spiro atoms. The second-order valence-electron chi connectivity index (χ2n) is 4.75. The van der Waals surface area contributed by atoms with Gasteiger partial charge in [0.15, 0.2) is 12.1 Å². The van der Waals surface area contributed by atoms with Crippen LogP contribution in [0.2, 0.25) is 20.1 Å². The largest absolute Gasteiger partial charge is 0.396 e. The monoisotopic (exact) mass is 420 g/mol. The minimum atomic E-state index is -0.677. The van der Waals surface area contributed by atoms with Gasteiger partial charge in [-0.3, -0.25) is 14.4 Å². The number of Topliss-reactive ketones (excluding diaryl/α,β-unsaturated/α-hetero) is 2. The van der Waals surface area contributed by atoms with E-state index in [-0.39, 0.29) is 33.4 Å². The summed E-state index contributed by atoms with van der Waals surface area (Å²) in [6.07, 6.45) is 0.193. The van der Waals surface area contributed by atoms with Crippen molar-refractivity contribution in [3.8, 4) is 0 Å². The molecule has 0 saturated carbocycles. The zero-order chi connectivity index (χ0) is 19.3. The number of hydrogen-bond acceptors (Lipinski definition) is 5. The molecule has 0 heterocycles. The van der Waals surface area contributed by atoms with Gasteiger partial charge in [-0.1, -0.05) is 46.4 Å². The van der Waals surface area contributed by atoms with Gasteiger partial charge < -0.3 is 11.5 Å². The van der Waals surface area contributed by atoms with Gasteiger partial charge in [-0.2, -0.15) is 0 Å². The molecule has 0 fully saturated rings. The first kappa shape index (κ1) is 21.3. The van der Waals surface area contributed by atoms with Crippen LogP contribution in [0.15, 0.2) is 24.3 Å². The molecule has 5 nitrogen and oxygen atoms in total. The first-order valence-electron chi connectivity index (χ1n) is 6.58. The molecule has 0 radical (unpaired) electrons. The lowest BCUT2D eigenvalue weighted by atomic mass is 10.1. The lowest BCUT2D eigenvalue weighted by molar-refractivity contribution is -0.104. The smallest absolute Gasteiger partial charge is 0.225 e. The molecule has 0 bridgehead atoms. The number of carbonyl (C=O) groups is 3. The predicted octanol–water partition coefficient (Wildman–Crippen LogP) is 4.74. The minimum Gasteiger partial charge on any atom is -0.396 e. The highest BCUT2D eigenvalue weighted by Crippen LogP contribution is 2.29. The highest BCUT2D eigenvalue weighted by Gasteiger charge is 2.10. The van der Waals surface area contributed by atoms with E-state index >= 15 is 0 Å². The number of hydrogen-bond donors (Lipinski definition) is 2. The Morgan fingerprint density at radius 2 is 1.12 bits per heavy atom. The van der Waals surface area contributed by atoms with Crippen molar-refractivity contribution in [2.45, 2.75) is 6.92 Å². The molecule has 0 saturated heterocycles. The lowest BCUT2D eigenvalue weighted by Gasteiger charge is -2.02. The second-order valence-corrected chi connectivity index (χ2v) is 6.37. The lowest BCUT2D eigenvalue weighted by Crippen LogP contribution is -2.01. The molecule has 0 aliphatic rings. The topological polar surface area (TPSA) is 103 Å². The van der Waals surface area contributed by atoms with Crippen LogP contribution >= 0.6 is 46.4 Å². The Morgan fingerprint density at radius 1 is 0.800 bits per heavy atom. The molecular formula is C16H12Cl4N2O3. The van der Waals surface area contributed by atoms with Crippen molar-refractivity contribution < 1.29 is 14.4 Å². The molecule has 0 atom stereocenters. The van der Waals surface area contributed by atoms with Crippen LogP contribution in [0, 0.1) is 0 Å². The Labute approximate surface area is 163 Å². The second kappa shape index (κ2) is 9.06. The summed E-state index contributed by atoms with van der Waals surface area (Å²) in [5.41, 5.74) is 12.0. The van der Waals surface area contributed by atoms with Crippen LogP contribution in [0.1, 0.15) is 27.6 Å². The van der Waals surface area contributed by atoms with Crippen molar-refractivity contribution in [1.82, 2.24) is 0 Å². The van der Waals surface area contributed by atoms with Crippen molar-refractivity contribution >= 4 is 75.6 Å². The normalized spacial score (nSPS) is 9.80. The third kappa shape index (κ3) is 5.61. The molecule has 4 N–H and O–H groups in total. The van der Waals surface area contributed by atoms with Gasteiger partial charge in [0.2, 0.25) is 5.78 Å². The predicted molar refractivity (Wildman–Crippen MR) is 102 cm³/mol. The number of benzene rings is 2. The van der Waals surface area contributed by atoms with E-state index in [0.29, 0.717) is 21.3 Å². The van der Waals surface area contributed by atoms with Crippen molar-refractivity contribution in [1.29, 1.82) is 0 Å². The Kier molecular flexibility index (Phi) is 7.70. The van der Waals surface area contributed by atoms with E-state index in [2.05, 4.69) is 0 Å². The summed E-state index contributed by atoms with van der Waals surface area (Å²) < 4.78 is 0. The third-order valence-electron chi connectivity index (χ3n) is 2.96. The fourth-order valence-electron chi connectivity index (χ4n) is 1.58. The quantitative estimate of drug-likeness (QED) is 0.322. The summed E-state index contributed by atoms with van der Waals surface area (Å²) in [5.74, 6) is -0.761. The van der Waals surface area contributed by atoms with Gasteiger partial charge in [-0.15, -0.1) is 0 Å². The van der Waals surface area contributed by atoms with Gasteiger partial charge in [0.25, 0.3) is 0 Å². The third-order valence-corrected chi connectivity index (χ3v) is 4.21. The minimum absolute atomic E-state index is 0.0844. The van der Waals surface area contributed by atoms with Crippen molar-refractivity contribution in [2.24, 2.45) is 0 Å². The molecule has 9 heteroatoms. The van der Waals surface area contributed by atoms with Crippen LogP contribution in [0.25, 0.3) is 0 Å². The molecule has 0 amide bonds. The van der Waals surface area contributed by atoms with E-state index in [9.17, 15) is 14.4 Å². The molecule has 25 heavy (non-hydrogen) atoms. The average Bonchev–Trinajstić information content (AvgIpc) is 2.56. The number of nitrogen functional groups attached to an aromatic ring is 2. The average molecular weight is 422 g/mol. The summed E-state index contributed by atoms with van der Waals surface area (Å²) in [4.78, 5) is 32.0. The van der Waals surface area contributed by atoms with E-state index < -0.39 is 5.78 Å². The van der Waals surface area contributed by atoms with Gasteiger partial charge in [-0.25, -0.2) is 0 Å². The molecule has 2 aromatic rings. The number of nitrogens with two attached hydrogens (primary N) is 2. The Morgan fingerprint density at radius 3 is 1.40 bits per heavy atom. The molecule has 2 rings (SSSR count). The van der Waals surface area contributed by atoms with Gasteiger partial charge in [-0.05, 0) is 31.2 Å². The molecule has 0 aliphatic carbocycles. The maximum absolute atomic E-state index is 10.9. The van der Waals surface area contributed by atoms with Crippen LogP contribution < -0.4 is 11.5 Å². The van der Waals surface area contributed by atoms with Gasteiger partial charge >= 0.3 is 0 Å². The molecular weight excluding hydrogens is 410 g/mol. The first-order chi connectivity index (χ1) is 11.6. The van der Waals surface area contributed by atoms with Gasteiger partial charge in [0, 0.05) is 11.1 Å². The highest BCUT2D eigenvalue weighted by molar-refractivity contribution is 6.41. The molecule has 2 aromatic carbocycles. The van der Waals surface area contributed by atoms with E-state index in [1.54, 1.807) is 0 Å². The van der Waals surface area contributed by atoms with Crippen LogP contribution in [0.3, 0.4) is 0 Å². The summed E-state index contributed by atoms with van der Waals surface area (Å²) in [5, 5.41) is 0.954. The number of ketones is 2. The standard InChI is InChI=1S/C8H5Cl2NO2.C8H7Cl2NO/c9-5-1-4(7(13)3-12)2-6(10)8(5)11;1-4(12)5-2-6(9)8(11)7(10)3-5/h1-3H,11H2;2-3H,11H2,1H3. The fraction of sp³-hybridized carbons (Fsp3) is 0.0625. The summed E-state index contributed by atoms with van der Waals surface area (Å²) in [6.45, 7) is 1.44. The van der Waals surface area contributed by atoms with E-state index in [1.807, 2.05) is 0 Å². The molecule has 0 unspecified atom stereocenters. The molecule has 132 valence electrons. The Bertz CT molecular complexity index is 807. The molecule has 0 aromatic heterocycles. The zero-order valence-electron chi connectivity index (χ0n) is 12.8. The fourth-order valence-corrected chi connectivity index (χ4v) is 2.56. The zero-order valence-corrected chi connectivity index (χ0v) is 15.8. The number of halogens is 4. The first-order valence-corrected chi connectivity index (χ1v) is 8.09. The summed E-state index contributed by atoms with van der Waals surface area (Å²) >= 11 is 22.7. The molecule has 0 aliphatic heterocycles.